The van der Waals surface area contributed by atoms with E-state index >= 15 is 4.39 Å². The van der Waals surface area contributed by atoms with Crippen LogP contribution in [-0.2, 0) is 12.5 Å². The molecular weight excluding hydrogens is 554 g/mol. The number of benzene rings is 4. The second-order valence-electron chi connectivity index (χ2n) is 12.3. The molecule has 6 aromatic rings. The summed E-state index contributed by atoms with van der Waals surface area (Å²) in [6.45, 7) is 6.74. The van der Waals surface area contributed by atoms with E-state index in [0.717, 1.165) is 38.7 Å². The van der Waals surface area contributed by atoms with Crippen LogP contribution in [0.5, 0.6) is 0 Å². The van der Waals surface area contributed by atoms with Gasteiger partial charge in [-0.1, -0.05) is 0 Å². The van der Waals surface area contributed by atoms with Crippen LogP contribution in [0.15, 0.2) is 95.5 Å². The number of fused-ring (bicyclic) bond motifs is 5. The Bertz CT molecular complexity index is 2000. The van der Waals surface area contributed by atoms with Crippen LogP contribution in [0.2, 0.25) is 11.5 Å². The van der Waals surface area contributed by atoms with E-state index in [1.807, 2.05) is 31.4 Å². The Morgan fingerprint density at radius 2 is 1.43 bits per heavy atom. The number of furan rings is 1. The molecule has 4 heteroatoms. The van der Waals surface area contributed by atoms with Crippen LogP contribution in [0, 0.1) is 12.7 Å². The topological polar surface area (TPSA) is 17.0 Å². The molecule has 2 nitrogen and oxygen atoms in total. The zero-order valence-corrected chi connectivity index (χ0v) is 26.0. The van der Waals surface area contributed by atoms with Gasteiger partial charge in [-0.05, 0) is 0 Å². The van der Waals surface area contributed by atoms with Gasteiger partial charge in [-0.15, -0.1) is 0 Å². The van der Waals surface area contributed by atoms with Gasteiger partial charge in [0.25, 0.3) is 0 Å². The average Bonchev–Trinajstić information content (AvgIpc) is 3.31. The molecule has 1 aliphatic heterocycles. The molecule has 0 aliphatic carbocycles. The number of pyridine rings is 1. The molecule has 198 valence electrons. The molecule has 0 amide bonds. The van der Waals surface area contributed by atoms with Gasteiger partial charge in [-0.2, -0.15) is 0 Å². The van der Waals surface area contributed by atoms with Crippen molar-refractivity contribution in [3.8, 4) is 22.4 Å². The van der Waals surface area contributed by atoms with Crippen LogP contribution in [0.4, 0.5) is 4.39 Å². The molecule has 40 heavy (non-hydrogen) atoms. The van der Waals surface area contributed by atoms with E-state index in [9.17, 15) is 0 Å². The first-order chi connectivity index (χ1) is 19.1. The number of halogens is 1. The van der Waals surface area contributed by atoms with Gasteiger partial charge in [0.15, 0.2) is 0 Å². The van der Waals surface area contributed by atoms with Crippen molar-refractivity contribution in [1.29, 1.82) is 0 Å². The molecule has 0 atom stereocenters. The van der Waals surface area contributed by atoms with Crippen LogP contribution in [0.25, 0.3) is 44.3 Å². The van der Waals surface area contributed by atoms with Crippen molar-refractivity contribution in [2.45, 2.75) is 37.7 Å². The van der Waals surface area contributed by atoms with Crippen LogP contribution in [-0.4, -0.2) is 13.3 Å². The molecule has 0 radical (unpaired) electrons. The predicted octanol–water partition coefficient (Wildman–Crippen LogP) is 7.65. The van der Waals surface area contributed by atoms with Crippen molar-refractivity contribution in [1.82, 2.24) is 0 Å². The van der Waals surface area contributed by atoms with Crippen molar-refractivity contribution in [2.75, 3.05) is 0 Å². The molecule has 0 N–H and O–H groups in total. The minimum atomic E-state index is -2.66. The Morgan fingerprint density at radius 1 is 0.750 bits per heavy atom. The van der Waals surface area contributed by atoms with Crippen LogP contribution in [0.3, 0.4) is 0 Å². The van der Waals surface area contributed by atoms with Gasteiger partial charge in [0, 0.05) is 0 Å². The molecule has 7 rings (SSSR count). The summed E-state index contributed by atoms with van der Waals surface area (Å²) in [6.07, 6.45) is 2.04. The maximum atomic E-state index is 15.9. The Hall–Kier alpha value is -3.70. The summed E-state index contributed by atoms with van der Waals surface area (Å²) in [4.78, 5) is 0. The van der Waals surface area contributed by atoms with E-state index in [2.05, 4.69) is 97.5 Å². The zero-order chi connectivity index (χ0) is 28.0. The zero-order valence-electron chi connectivity index (χ0n) is 23.9. The van der Waals surface area contributed by atoms with Gasteiger partial charge in [-0.25, -0.2) is 0 Å². The van der Waals surface area contributed by atoms with E-state index in [0.29, 0.717) is 11.1 Å². The number of hydrogen-bond donors (Lipinski definition) is 0. The second-order valence-corrected chi connectivity index (χ2v) is 21.4. The number of aryl methyl sites for hydroxylation is 2. The minimum absolute atomic E-state index is 0.104. The summed E-state index contributed by atoms with van der Waals surface area (Å²) in [5, 5.41) is 1.95. The Balaban J connectivity index is 1.51. The predicted molar refractivity (Wildman–Crippen MR) is 166 cm³/mol. The Kier molecular flexibility index (Phi) is 5.47. The van der Waals surface area contributed by atoms with Crippen molar-refractivity contribution in [2.24, 2.45) is 7.05 Å². The quantitative estimate of drug-likeness (QED) is 0.150. The van der Waals surface area contributed by atoms with Crippen molar-refractivity contribution in [3.05, 3.63) is 114 Å². The summed E-state index contributed by atoms with van der Waals surface area (Å²) in [7, 11) is 2.04. The average molecular weight is 587 g/mol. The standard InChI is InChI=1S/C36H33FGeNO/c1-22-14-16-24-25-17-19-28(37)33(35(25)40-34(24)32(22)31-13-9-10-20-39(31)6)23-15-18-27-30(21-23)38(4,5)29-12-8-7-11-26(29)36(27,2)3/h7-21H,1-6H3/q+1. The van der Waals surface area contributed by atoms with Gasteiger partial charge in [0.05, 0.1) is 0 Å². The van der Waals surface area contributed by atoms with Gasteiger partial charge in [0.2, 0.25) is 0 Å². The van der Waals surface area contributed by atoms with E-state index in [1.54, 1.807) is 6.07 Å². The number of rotatable bonds is 2. The molecule has 0 unspecified atom stereocenters. The summed E-state index contributed by atoms with van der Waals surface area (Å²) in [5.74, 6) is 4.67. The summed E-state index contributed by atoms with van der Waals surface area (Å²) < 4.78 is 27.6. The second kappa shape index (κ2) is 8.65. The normalized spacial score (nSPS) is 15.3. The SMILES string of the molecule is Cc1ccc2c(oc3c(-c4ccc5[c](c4)[Ge]([CH3])([CH3])[c]4ccccc4C5(C)C)c(F)ccc32)c1-c1cccc[n+]1C. The van der Waals surface area contributed by atoms with Crippen LogP contribution >= 0.6 is 0 Å². The molecule has 0 fully saturated rings. The molecule has 0 saturated carbocycles. The first kappa shape index (κ1) is 25.3. The van der Waals surface area contributed by atoms with Crippen LogP contribution < -0.4 is 13.4 Å². The van der Waals surface area contributed by atoms with Gasteiger partial charge in [0.1, 0.15) is 0 Å². The van der Waals surface area contributed by atoms with Gasteiger partial charge >= 0.3 is 238 Å². The molecule has 4 aromatic carbocycles. The molecule has 0 bridgehead atoms. The molecule has 3 heterocycles. The number of hydrogen-bond acceptors (Lipinski definition) is 1. The third kappa shape index (κ3) is 3.43. The third-order valence-corrected chi connectivity index (χ3v) is 16.6. The van der Waals surface area contributed by atoms with E-state index in [-0.39, 0.29) is 11.2 Å². The molecular formula is C36H33FGeNO+. The fourth-order valence-electron chi connectivity index (χ4n) is 6.97. The molecule has 2 aromatic heterocycles. The van der Waals surface area contributed by atoms with E-state index in [1.165, 1.54) is 19.9 Å². The summed E-state index contributed by atoms with van der Waals surface area (Å²) in [6, 6.07) is 29.4. The molecule has 0 saturated heterocycles. The molecule has 0 spiro atoms. The number of nitrogens with zero attached hydrogens (tertiary/aromatic N) is 1. The van der Waals surface area contributed by atoms with Crippen molar-refractivity contribution < 1.29 is 13.4 Å². The monoisotopic (exact) mass is 588 g/mol. The maximum absolute atomic E-state index is 15.9. The Morgan fingerprint density at radius 3 is 2.20 bits per heavy atom. The van der Waals surface area contributed by atoms with Crippen molar-refractivity contribution >= 4 is 44.0 Å². The van der Waals surface area contributed by atoms with Gasteiger partial charge in [-0.3, -0.25) is 0 Å². The first-order valence-electron chi connectivity index (χ1n) is 14.0. The Labute approximate surface area is 237 Å². The summed E-state index contributed by atoms with van der Waals surface area (Å²) >= 11 is -2.66. The van der Waals surface area contributed by atoms with E-state index < -0.39 is 13.3 Å². The summed E-state index contributed by atoms with van der Waals surface area (Å²) in [5.41, 5.74) is 8.78. The van der Waals surface area contributed by atoms with Crippen LogP contribution in [0.1, 0.15) is 30.5 Å². The van der Waals surface area contributed by atoms with E-state index in [4.69, 9.17) is 4.42 Å². The van der Waals surface area contributed by atoms with Gasteiger partial charge < -0.3 is 0 Å². The first-order valence-corrected chi connectivity index (χ1v) is 20.2. The van der Waals surface area contributed by atoms with Crippen molar-refractivity contribution in [3.63, 3.8) is 0 Å². The number of aromatic nitrogens is 1. The molecule has 1 aliphatic rings. The fraction of sp³-hybridized carbons (Fsp3) is 0.194. The fourth-order valence-corrected chi connectivity index (χ4v) is 14.2. The third-order valence-electron chi connectivity index (χ3n) is 9.21.